The highest BCUT2D eigenvalue weighted by Gasteiger charge is 2.27. The predicted octanol–water partition coefficient (Wildman–Crippen LogP) is 3.40. The van der Waals surface area contributed by atoms with Crippen LogP contribution in [0.15, 0.2) is 54.6 Å². The zero-order chi connectivity index (χ0) is 18.8. The zero-order valence-electron chi connectivity index (χ0n) is 14.4. The second-order valence-electron chi connectivity index (χ2n) is 6.28. The Morgan fingerprint density at radius 3 is 2.52 bits per heavy atom. The van der Waals surface area contributed by atoms with Gasteiger partial charge in [0.05, 0.1) is 18.8 Å². The molecule has 0 bridgehead atoms. The summed E-state index contributed by atoms with van der Waals surface area (Å²) in [6.45, 7) is 1.34. The molecule has 1 aromatic heterocycles. The minimum atomic E-state index is -0.851. The normalized spacial score (nSPS) is 13.3. The van der Waals surface area contributed by atoms with Crippen molar-refractivity contribution in [2.45, 2.75) is 19.7 Å². The maximum absolute atomic E-state index is 13.9. The van der Waals surface area contributed by atoms with Crippen molar-refractivity contribution >= 4 is 5.91 Å². The van der Waals surface area contributed by atoms with Crippen LogP contribution in [0.25, 0.3) is 0 Å². The molecule has 138 valence electrons. The molecule has 5 nitrogen and oxygen atoms in total. The Morgan fingerprint density at radius 1 is 1.04 bits per heavy atom. The monoisotopic (exact) mass is 369 g/mol. The van der Waals surface area contributed by atoms with E-state index in [1.165, 1.54) is 11.0 Å². The Bertz CT molecular complexity index is 952. The Labute approximate surface area is 154 Å². The van der Waals surface area contributed by atoms with Crippen LogP contribution in [0, 0.1) is 11.6 Å². The maximum atomic E-state index is 13.9. The number of fused-ring (bicyclic) bond motifs is 1. The highest BCUT2D eigenvalue weighted by atomic mass is 19.1. The average Bonchev–Trinajstić information content (AvgIpc) is 3.09. The van der Waals surface area contributed by atoms with E-state index in [9.17, 15) is 13.6 Å². The SMILES string of the molecule is O=C(c1c(F)cccc1F)N1CCn2nc(COc3ccccc3)cc2C1. The molecule has 0 aliphatic carbocycles. The summed E-state index contributed by atoms with van der Waals surface area (Å²) in [6.07, 6.45) is 0. The Balaban J connectivity index is 1.47. The first-order valence-electron chi connectivity index (χ1n) is 8.58. The fraction of sp³-hybridized carbons (Fsp3) is 0.200. The van der Waals surface area contributed by atoms with Gasteiger partial charge in [-0.15, -0.1) is 0 Å². The van der Waals surface area contributed by atoms with Gasteiger partial charge in [0.2, 0.25) is 0 Å². The van der Waals surface area contributed by atoms with E-state index < -0.39 is 23.1 Å². The number of para-hydroxylation sites is 1. The van der Waals surface area contributed by atoms with Gasteiger partial charge in [-0.2, -0.15) is 5.10 Å². The number of rotatable bonds is 4. The molecule has 0 radical (unpaired) electrons. The summed E-state index contributed by atoms with van der Waals surface area (Å²) < 4.78 is 35.3. The standard InChI is InChI=1S/C20H17F2N3O2/c21-17-7-4-8-18(22)19(17)20(26)24-9-10-25-15(12-24)11-14(23-25)13-27-16-5-2-1-3-6-16/h1-8,11H,9-10,12-13H2. The predicted molar refractivity (Wildman–Crippen MR) is 94.1 cm³/mol. The van der Waals surface area contributed by atoms with Crippen LogP contribution < -0.4 is 4.74 Å². The fourth-order valence-corrected chi connectivity index (χ4v) is 3.10. The third-order valence-corrected chi connectivity index (χ3v) is 4.44. The minimum absolute atomic E-state index is 0.241. The van der Waals surface area contributed by atoms with E-state index in [1.807, 2.05) is 36.4 Å². The van der Waals surface area contributed by atoms with Crippen molar-refractivity contribution in [2.75, 3.05) is 6.54 Å². The molecule has 0 atom stereocenters. The number of benzene rings is 2. The summed E-state index contributed by atoms with van der Waals surface area (Å²) in [5.41, 5.74) is 1.02. The van der Waals surface area contributed by atoms with E-state index in [2.05, 4.69) is 5.10 Å². The first-order valence-corrected chi connectivity index (χ1v) is 8.58. The van der Waals surface area contributed by atoms with E-state index >= 15 is 0 Å². The van der Waals surface area contributed by atoms with Gasteiger partial charge >= 0.3 is 0 Å². The van der Waals surface area contributed by atoms with Gasteiger partial charge in [-0.1, -0.05) is 24.3 Å². The third kappa shape index (κ3) is 3.53. The summed E-state index contributed by atoms with van der Waals surface area (Å²) in [4.78, 5) is 14.0. The molecule has 0 spiro atoms. The highest BCUT2D eigenvalue weighted by Crippen LogP contribution is 2.20. The molecule has 2 aromatic carbocycles. The van der Waals surface area contributed by atoms with E-state index in [-0.39, 0.29) is 6.54 Å². The zero-order valence-corrected chi connectivity index (χ0v) is 14.4. The molecule has 4 rings (SSSR count). The lowest BCUT2D eigenvalue weighted by Gasteiger charge is -2.27. The number of amides is 1. The van der Waals surface area contributed by atoms with E-state index in [0.29, 0.717) is 19.7 Å². The first kappa shape index (κ1) is 17.2. The maximum Gasteiger partial charge on any atom is 0.260 e. The number of nitrogens with zero attached hydrogens (tertiary/aromatic N) is 3. The Kier molecular flexibility index (Phi) is 4.58. The molecule has 0 fully saturated rings. The first-order chi connectivity index (χ1) is 13.1. The van der Waals surface area contributed by atoms with Crippen LogP contribution >= 0.6 is 0 Å². The Morgan fingerprint density at radius 2 is 1.78 bits per heavy atom. The van der Waals surface area contributed by atoms with Crippen molar-refractivity contribution in [3.05, 3.63) is 83.2 Å². The fourth-order valence-electron chi connectivity index (χ4n) is 3.10. The second kappa shape index (κ2) is 7.19. The van der Waals surface area contributed by atoms with E-state index in [4.69, 9.17) is 4.74 Å². The lowest BCUT2D eigenvalue weighted by Crippen LogP contribution is -2.39. The topological polar surface area (TPSA) is 47.4 Å². The molecule has 27 heavy (non-hydrogen) atoms. The minimum Gasteiger partial charge on any atom is -0.487 e. The molecular formula is C20H17F2N3O2. The molecule has 0 N–H and O–H groups in total. The van der Waals surface area contributed by atoms with Gasteiger partial charge in [0.25, 0.3) is 5.91 Å². The molecule has 3 aromatic rings. The second-order valence-corrected chi connectivity index (χ2v) is 6.28. The quantitative estimate of drug-likeness (QED) is 0.708. The largest absolute Gasteiger partial charge is 0.487 e. The van der Waals surface area contributed by atoms with Crippen LogP contribution in [0.5, 0.6) is 5.75 Å². The molecule has 0 saturated heterocycles. The van der Waals surface area contributed by atoms with Crippen molar-refractivity contribution in [2.24, 2.45) is 0 Å². The van der Waals surface area contributed by atoms with Gasteiger partial charge in [-0.05, 0) is 30.3 Å². The van der Waals surface area contributed by atoms with Crippen molar-refractivity contribution in [1.29, 1.82) is 0 Å². The third-order valence-electron chi connectivity index (χ3n) is 4.44. The number of halogens is 2. The molecule has 0 saturated carbocycles. The van der Waals surface area contributed by atoms with Gasteiger partial charge in [0.15, 0.2) is 0 Å². The van der Waals surface area contributed by atoms with Crippen LogP contribution in [0.4, 0.5) is 8.78 Å². The van der Waals surface area contributed by atoms with Gasteiger partial charge < -0.3 is 9.64 Å². The summed E-state index contributed by atoms with van der Waals surface area (Å²) >= 11 is 0. The molecule has 1 aliphatic heterocycles. The molecule has 0 unspecified atom stereocenters. The summed E-state index contributed by atoms with van der Waals surface area (Å²) in [5, 5.41) is 4.47. The number of ether oxygens (including phenoxy) is 1. The van der Waals surface area contributed by atoms with Gasteiger partial charge in [-0.3, -0.25) is 9.48 Å². The lowest BCUT2D eigenvalue weighted by molar-refractivity contribution is 0.0696. The Hall–Kier alpha value is -3.22. The van der Waals surface area contributed by atoms with Gasteiger partial charge in [-0.25, -0.2) is 8.78 Å². The van der Waals surface area contributed by atoms with Crippen molar-refractivity contribution in [3.63, 3.8) is 0 Å². The summed E-state index contributed by atoms with van der Waals surface area (Å²) in [5.74, 6) is -1.61. The summed E-state index contributed by atoms with van der Waals surface area (Å²) in [6, 6.07) is 14.7. The van der Waals surface area contributed by atoms with E-state index in [1.54, 1.807) is 4.68 Å². The van der Waals surface area contributed by atoms with Crippen LogP contribution in [0.3, 0.4) is 0 Å². The van der Waals surface area contributed by atoms with Gasteiger partial charge in [0.1, 0.15) is 35.2 Å². The number of aromatic nitrogens is 2. The molecule has 1 aliphatic rings. The van der Waals surface area contributed by atoms with Gasteiger partial charge in [0, 0.05) is 6.54 Å². The average molecular weight is 369 g/mol. The molecular weight excluding hydrogens is 352 g/mol. The van der Waals surface area contributed by atoms with Crippen molar-refractivity contribution in [1.82, 2.24) is 14.7 Å². The smallest absolute Gasteiger partial charge is 0.260 e. The highest BCUT2D eigenvalue weighted by molar-refractivity contribution is 5.94. The summed E-state index contributed by atoms with van der Waals surface area (Å²) in [7, 11) is 0. The van der Waals surface area contributed by atoms with Crippen LogP contribution in [-0.4, -0.2) is 27.1 Å². The number of carbonyl (C=O) groups is 1. The van der Waals surface area contributed by atoms with Crippen LogP contribution in [0.1, 0.15) is 21.7 Å². The molecule has 2 heterocycles. The van der Waals surface area contributed by atoms with Crippen molar-refractivity contribution in [3.8, 4) is 5.75 Å². The number of hydrogen-bond donors (Lipinski definition) is 0. The number of hydrogen-bond acceptors (Lipinski definition) is 3. The molecule has 7 heteroatoms. The van der Waals surface area contributed by atoms with Crippen LogP contribution in [-0.2, 0) is 19.7 Å². The molecule has 1 amide bonds. The lowest BCUT2D eigenvalue weighted by atomic mass is 10.1. The number of carbonyl (C=O) groups excluding carboxylic acids is 1. The van der Waals surface area contributed by atoms with E-state index in [0.717, 1.165) is 29.3 Å². The van der Waals surface area contributed by atoms with Crippen LogP contribution in [0.2, 0.25) is 0 Å². The van der Waals surface area contributed by atoms with Crippen molar-refractivity contribution < 1.29 is 18.3 Å².